The van der Waals surface area contributed by atoms with Gasteiger partial charge < -0.3 is 15.0 Å². The number of aryl methyl sites for hydroxylation is 1. The lowest BCUT2D eigenvalue weighted by atomic mass is 9.90. The fraction of sp³-hybridized carbons (Fsp3) is 0.407. The topological polar surface area (TPSA) is 65.4 Å². The molecule has 0 aromatic heterocycles. The highest BCUT2D eigenvalue weighted by molar-refractivity contribution is 5.97. The molecule has 32 heavy (non-hydrogen) atoms. The van der Waals surface area contributed by atoms with Crippen molar-refractivity contribution in [1.82, 2.24) is 10.2 Å². The van der Waals surface area contributed by atoms with Crippen LogP contribution in [0.5, 0.6) is 5.75 Å². The Morgan fingerprint density at radius 1 is 1.25 bits per heavy atom. The van der Waals surface area contributed by atoms with Crippen LogP contribution in [0.3, 0.4) is 0 Å². The molecule has 3 rings (SSSR count). The lowest BCUT2D eigenvalue weighted by Gasteiger charge is -2.31. The van der Waals surface area contributed by atoms with E-state index in [2.05, 4.69) is 40.6 Å². The molecule has 1 aliphatic rings. The number of piperidine rings is 1. The molecule has 1 N–H and O–H groups in total. The van der Waals surface area contributed by atoms with Gasteiger partial charge in [-0.1, -0.05) is 48.0 Å². The van der Waals surface area contributed by atoms with Gasteiger partial charge >= 0.3 is 0 Å². The van der Waals surface area contributed by atoms with Crippen molar-refractivity contribution < 1.29 is 9.53 Å². The van der Waals surface area contributed by atoms with Gasteiger partial charge in [0.2, 0.25) is 0 Å². The molecule has 0 radical (unpaired) electrons. The summed E-state index contributed by atoms with van der Waals surface area (Å²) >= 11 is 0. The average molecular weight is 432 g/mol. The Hall–Kier alpha value is -3.26. The molecule has 1 saturated heterocycles. The molecule has 0 spiro atoms. The Labute approximate surface area is 191 Å². The van der Waals surface area contributed by atoms with Gasteiger partial charge in [0.25, 0.3) is 5.91 Å². The summed E-state index contributed by atoms with van der Waals surface area (Å²) in [5, 5.41) is 12.6. The Morgan fingerprint density at radius 2 is 1.97 bits per heavy atom. The molecular weight excluding hydrogens is 398 g/mol. The van der Waals surface area contributed by atoms with Gasteiger partial charge in [-0.2, -0.15) is 5.26 Å². The van der Waals surface area contributed by atoms with Crippen LogP contribution in [0.25, 0.3) is 0 Å². The van der Waals surface area contributed by atoms with Crippen LogP contribution in [-0.4, -0.2) is 30.5 Å². The molecule has 1 atom stereocenters. The zero-order valence-corrected chi connectivity index (χ0v) is 19.3. The Balaban J connectivity index is 1.59. The number of likely N-dealkylation sites (tertiary alicyclic amines) is 1. The number of rotatable bonds is 8. The third kappa shape index (κ3) is 6.37. The highest BCUT2D eigenvalue weighted by Crippen LogP contribution is 2.27. The van der Waals surface area contributed by atoms with E-state index in [0.717, 1.165) is 49.2 Å². The number of carbonyl (C=O) groups is 1. The normalized spacial score (nSPS) is 15.7. The molecule has 0 aliphatic carbocycles. The van der Waals surface area contributed by atoms with Crippen LogP contribution in [-0.2, 0) is 11.2 Å². The maximum absolute atomic E-state index is 12.8. The minimum absolute atomic E-state index is 0.143. The SMILES string of the molecule is CCOc1ccc(C)cc1C(C)NC(=O)/C(C#N)=C\N1CCC(Cc2ccccc2)CC1. The van der Waals surface area contributed by atoms with E-state index in [-0.39, 0.29) is 17.5 Å². The van der Waals surface area contributed by atoms with Crippen molar-refractivity contribution in [2.45, 2.75) is 46.1 Å². The second-order valence-electron chi connectivity index (χ2n) is 8.49. The number of nitrogens with one attached hydrogen (secondary N) is 1. The number of nitrogens with zero attached hydrogens (tertiary/aromatic N) is 2. The van der Waals surface area contributed by atoms with E-state index in [1.807, 2.05) is 45.0 Å². The first-order valence-electron chi connectivity index (χ1n) is 11.4. The molecule has 2 aromatic rings. The van der Waals surface area contributed by atoms with Gasteiger partial charge in [-0.05, 0) is 57.6 Å². The van der Waals surface area contributed by atoms with E-state index in [0.29, 0.717) is 12.5 Å². The molecule has 5 heteroatoms. The van der Waals surface area contributed by atoms with E-state index >= 15 is 0 Å². The van der Waals surface area contributed by atoms with Gasteiger partial charge in [0.1, 0.15) is 17.4 Å². The summed E-state index contributed by atoms with van der Waals surface area (Å²) < 4.78 is 5.72. The van der Waals surface area contributed by atoms with Crippen LogP contribution >= 0.6 is 0 Å². The van der Waals surface area contributed by atoms with Gasteiger partial charge in [0.15, 0.2) is 0 Å². The number of benzene rings is 2. The summed E-state index contributed by atoms with van der Waals surface area (Å²) in [6.07, 6.45) is 4.92. The predicted octanol–water partition coefficient (Wildman–Crippen LogP) is 4.93. The fourth-order valence-electron chi connectivity index (χ4n) is 4.20. The van der Waals surface area contributed by atoms with Crippen molar-refractivity contribution in [3.05, 3.63) is 77.0 Å². The smallest absolute Gasteiger partial charge is 0.263 e. The van der Waals surface area contributed by atoms with Gasteiger partial charge in [-0.3, -0.25) is 4.79 Å². The zero-order valence-electron chi connectivity index (χ0n) is 19.3. The predicted molar refractivity (Wildman–Crippen MR) is 127 cm³/mol. The minimum atomic E-state index is -0.352. The highest BCUT2D eigenvalue weighted by Gasteiger charge is 2.21. The average Bonchev–Trinajstić information content (AvgIpc) is 2.80. The second-order valence-corrected chi connectivity index (χ2v) is 8.49. The van der Waals surface area contributed by atoms with E-state index in [1.165, 1.54) is 5.56 Å². The van der Waals surface area contributed by atoms with Crippen LogP contribution in [0, 0.1) is 24.2 Å². The van der Waals surface area contributed by atoms with E-state index < -0.39 is 0 Å². The summed E-state index contributed by atoms with van der Waals surface area (Å²) in [7, 11) is 0. The number of nitriles is 1. The van der Waals surface area contributed by atoms with Crippen molar-refractivity contribution in [3.63, 3.8) is 0 Å². The summed E-state index contributed by atoms with van der Waals surface area (Å²) in [5.41, 5.74) is 3.53. The van der Waals surface area contributed by atoms with Gasteiger partial charge in [-0.15, -0.1) is 0 Å². The fourth-order valence-corrected chi connectivity index (χ4v) is 4.20. The lowest BCUT2D eigenvalue weighted by Crippen LogP contribution is -2.33. The third-order valence-corrected chi connectivity index (χ3v) is 5.97. The number of hydrogen-bond donors (Lipinski definition) is 1. The first-order valence-corrected chi connectivity index (χ1v) is 11.4. The number of amides is 1. The Bertz CT molecular complexity index is 970. The van der Waals surface area contributed by atoms with E-state index in [4.69, 9.17) is 4.74 Å². The summed E-state index contributed by atoms with van der Waals surface area (Å²) in [5.74, 6) is 1.05. The number of hydrogen-bond acceptors (Lipinski definition) is 4. The van der Waals surface area contributed by atoms with Gasteiger partial charge in [-0.25, -0.2) is 0 Å². The van der Waals surface area contributed by atoms with Crippen molar-refractivity contribution in [2.24, 2.45) is 5.92 Å². The molecule has 0 saturated carbocycles. The first-order chi connectivity index (χ1) is 15.5. The van der Waals surface area contributed by atoms with Crippen molar-refractivity contribution in [2.75, 3.05) is 19.7 Å². The molecule has 5 nitrogen and oxygen atoms in total. The van der Waals surface area contributed by atoms with Crippen LogP contribution < -0.4 is 10.1 Å². The molecule has 1 unspecified atom stereocenters. The highest BCUT2D eigenvalue weighted by atomic mass is 16.5. The Morgan fingerprint density at radius 3 is 2.62 bits per heavy atom. The van der Waals surface area contributed by atoms with Crippen LogP contribution in [0.4, 0.5) is 0 Å². The van der Waals surface area contributed by atoms with Crippen molar-refractivity contribution in [3.8, 4) is 11.8 Å². The quantitative estimate of drug-likeness (QED) is 0.475. The summed E-state index contributed by atoms with van der Waals surface area (Å²) in [4.78, 5) is 14.9. The molecule has 1 heterocycles. The van der Waals surface area contributed by atoms with Gasteiger partial charge in [0.05, 0.1) is 12.6 Å². The molecule has 0 bridgehead atoms. The number of carbonyl (C=O) groups excluding carboxylic acids is 1. The van der Waals surface area contributed by atoms with Gasteiger partial charge in [0, 0.05) is 24.9 Å². The van der Waals surface area contributed by atoms with Crippen LogP contribution in [0.15, 0.2) is 60.3 Å². The lowest BCUT2D eigenvalue weighted by molar-refractivity contribution is -0.117. The summed E-state index contributed by atoms with van der Waals surface area (Å²) in [6, 6.07) is 18.3. The summed E-state index contributed by atoms with van der Waals surface area (Å²) in [6.45, 7) is 8.14. The molecule has 1 fully saturated rings. The molecule has 2 aromatic carbocycles. The largest absolute Gasteiger partial charge is 0.494 e. The Kier molecular flexibility index (Phi) is 8.33. The van der Waals surface area contributed by atoms with Crippen molar-refractivity contribution >= 4 is 5.91 Å². The molecule has 1 aliphatic heterocycles. The van der Waals surface area contributed by atoms with Crippen LogP contribution in [0.1, 0.15) is 49.4 Å². The molecular formula is C27H33N3O2. The van der Waals surface area contributed by atoms with E-state index in [9.17, 15) is 10.1 Å². The number of ether oxygens (including phenoxy) is 1. The monoisotopic (exact) mass is 431 g/mol. The first kappa shape index (κ1) is 23.4. The standard InChI is InChI=1S/C27H33N3O2/c1-4-32-26-11-10-20(2)16-25(26)21(3)29-27(31)24(18-28)19-30-14-12-23(13-15-30)17-22-8-6-5-7-9-22/h5-11,16,19,21,23H,4,12-15,17H2,1-3H3,(H,29,31)/b24-19-. The zero-order chi connectivity index (χ0) is 22.9. The molecule has 1 amide bonds. The van der Waals surface area contributed by atoms with Crippen molar-refractivity contribution in [1.29, 1.82) is 5.26 Å². The van der Waals surface area contributed by atoms with Crippen LogP contribution in [0.2, 0.25) is 0 Å². The maximum Gasteiger partial charge on any atom is 0.263 e. The molecule has 168 valence electrons. The van der Waals surface area contributed by atoms with E-state index in [1.54, 1.807) is 6.20 Å². The third-order valence-electron chi connectivity index (χ3n) is 5.97. The maximum atomic E-state index is 12.8. The second kappa shape index (κ2) is 11.4. The minimum Gasteiger partial charge on any atom is -0.494 e.